The lowest BCUT2D eigenvalue weighted by Crippen LogP contribution is -2.25. The van der Waals surface area contributed by atoms with Gasteiger partial charge >= 0.3 is 0 Å². The van der Waals surface area contributed by atoms with Crippen LogP contribution in [0.2, 0.25) is 10.0 Å². The zero-order valence-corrected chi connectivity index (χ0v) is 11.5. The van der Waals surface area contributed by atoms with E-state index in [-0.39, 0.29) is 21.5 Å². The summed E-state index contributed by atoms with van der Waals surface area (Å²) in [5.74, 6) is 0. The maximum Gasteiger partial charge on any atom is 0.243 e. The summed E-state index contributed by atoms with van der Waals surface area (Å²) in [6.45, 7) is 5.43. The van der Waals surface area contributed by atoms with Gasteiger partial charge in [0.2, 0.25) is 10.0 Å². The van der Waals surface area contributed by atoms with Crippen molar-refractivity contribution in [3.63, 3.8) is 0 Å². The number of benzene rings is 1. The van der Waals surface area contributed by atoms with Crippen LogP contribution in [-0.4, -0.2) is 15.0 Å². The average Bonchev–Trinajstić information content (AvgIpc) is 2.12. The molecule has 1 aromatic carbocycles. The molecule has 0 aliphatic carbocycles. The predicted octanol–water partition coefficient (Wildman–Crippen LogP) is 2.43. The SMILES string of the molecule is C=C(C)CNS(=O)(=O)c1c(Cl)cc(N)cc1Cl. The minimum atomic E-state index is -3.76. The Morgan fingerprint density at radius 3 is 2.29 bits per heavy atom. The summed E-state index contributed by atoms with van der Waals surface area (Å²) in [6.07, 6.45) is 0. The molecule has 7 heteroatoms. The molecule has 0 atom stereocenters. The molecule has 3 N–H and O–H groups in total. The molecule has 0 fully saturated rings. The minimum Gasteiger partial charge on any atom is -0.399 e. The van der Waals surface area contributed by atoms with Gasteiger partial charge in [0.05, 0.1) is 10.0 Å². The molecule has 0 saturated carbocycles. The van der Waals surface area contributed by atoms with E-state index in [0.717, 1.165) is 0 Å². The van der Waals surface area contributed by atoms with Crippen molar-refractivity contribution < 1.29 is 8.42 Å². The second kappa shape index (κ2) is 5.27. The number of nitrogen functional groups attached to an aromatic ring is 1. The number of hydrogen-bond donors (Lipinski definition) is 2. The van der Waals surface area contributed by atoms with Gasteiger partial charge in [-0.2, -0.15) is 0 Å². The van der Waals surface area contributed by atoms with Crippen molar-refractivity contribution in [1.82, 2.24) is 4.72 Å². The van der Waals surface area contributed by atoms with Crippen molar-refractivity contribution in [3.8, 4) is 0 Å². The van der Waals surface area contributed by atoms with Crippen LogP contribution in [0, 0.1) is 0 Å². The standard InChI is InChI=1S/C10H12Cl2N2O2S/c1-6(2)5-14-17(15,16)10-8(11)3-7(13)4-9(10)12/h3-4,14H,1,5,13H2,2H3. The summed E-state index contributed by atoms with van der Waals surface area (Å²) in [5, 5.41) is -0.0200. The molecule has 4 nitrogen and oxygen atoms in total. The highest BCUT2D eigenvalue weighted by Gasteiger charge is 2.21. The lowest BCUT2D eigenvalue weighted by atomic mass is 10.3. The highest BCUT2D eigenvalue weighted by atomic mass is 35.5. The van der Waals surface area contributed by atoms with E-state index >= 15 is 0 Å². The highest BCUT2D eigenvalue weighted by Crippen LogP contribution is 2.31. The van der Waals surface area contributed by atoms with Crippen molar-refractivity contribution in [2.75, 3.05) is 12.3 Å². The van der Waals surface area contributed by atoms with Crippen LogP contribution in [0.5, 0.6) is 0 Å². The summed E-state index contributed by atoms with van der Waals surface area (Å²) >= 11 is 11.7. The Bertz CT molecular complexity index is 532. The monoisotopic (exact) mass is 294 g/mol. The third-order valence-electron chi connectivity index (χ3n) is 1.85. The Kier molecular flexibility index (Phi) is 4.43. The number of nitrogens with two attached hydrogens (primary N) is 1. The molecule has 0 spiro atoms. The zero-order chi connectivity index (χ0) is 13.2. The van der Waals surface area contributed by atoms with Gasteiger partial charge < -0.3 is 5.73 Å². The number of nitrogens with one attached hydrogen (secondary N) is 1. The highest BCUT2D eigenvalue weighted by molar-refractivity contribution is 7.89. The van der Waals surface area contributed by atoms with E-state index < -0.39 is 10.0 Å². The molecule has 0 amide bonds. The minimum absolute atomic E-state index is 0.00999. The molecule has 0 heterocycles. The summed E-state index contributed by atoms with van der Waals surface area (Å²) in [4.78, 5) is -0.170. The maximum absolute atomic E-state index is 11.9. The van der Waals surface area contributed by atoms with Crippen LogP contribution in [0.25, 0.3) is 0 Å². The Labute approximate surface area is 110 Å². The summed E-state index contributed by atoms with van der Waals surface area (Å²) in [6, 6.07) is 2.67. The van der Waals surface area contributed by atoms with E-state index in [1.807, 2.05) is 0 Å². The quantitative estimate of drug-likeness (QED) is 0.662. The first-order chi connectivity index (χ1) is 7.74. The van der Waals surface area contributed by atoms with E-state index in [0.29, 0.717) is 11.3 Å². The van der Waals surface area contributed by atoms with E-state index in [4.69, 9.17) is 28.9 Å². The number of halogens is 2. The van der Waals surface area contributed by atoms with Crippen LogP contribution in [0.4, 0.5) is 5.69 Å². The Morgan fingerprint density at radius 2 is 1.88 bits per heavy atom. The lowest BCUT2D eigenvalue weighted by Gasteiger charge is -2.10. The number of anilines is 1. The molecule has 0 unspecified atom stereocenters. The van der Waals surface area contributed by atoms with Crippen molar-refractivity contribution in [2.24, 2.45) is 0 Å². The van der Waals surface area contributed by atoms with E-state index in [1.165, 1.54) is 12.1 Å². The van der Waals surface area contributed by atoms with Gasteiger partial charge in [0.25, 0.3) is 0 Å². The van der Waals surface area contributed by atoms with Crippen molar-refractivity contribution in [2.45, 2.75) is 11.8 Å². The molecule has 94 valence electrons. The molecule has 0 bridgehead atoms. The first kappa shape index (κ1) is 14.3. The maximum atomic E-state index is 11.9. The molecular formula is C10H12Cl2N2O2S. The third kappa shape index (κ3) is 3.61. The number of rotatable bonds is 4. The first-order valence-electron chi connectivity index (χ1n) is 4.62. The van der Waals surface area contributed by atoms with Crippen LogP contribution in [0.3, 0.4) is 0 Å². The topological polar surface area (TPSA) is 72.2 Å². The fraction of sp³-hybridized carbons (Fsp3) is 0.200. The van der Waals surface area contributed by atoms with E-state index in [9.17, 15) is 8.42 Å². The number of hydrogen-bond acceptors (Lipinski definition) is 3. The molecule has 0 aliphatic rings. The summed E-state index contributed by atoms with van der Waals surface area (Å²) in [7, 11) is -3.76. The lowest BCUT2D eigenvalue weighted by molar-refractivity contribution is 0.585. The van der Waals surface area contributed by atoms with Crippen LogP contribution in [0.1, 0.15) is 6.92 Å². The van der Waals surface area contributed by atoms with Gasteiger partial charge in [-0.3, -0.25) is 0 Å². The van der Waals surface area contributed by atoms with Crippen LogP contribution >= 0.6 is 23.2 Å². The normalized spacial score (nSPS) is 11.5. The van der Waals surface area contributed by atoms with Crippen molar-refractivity contribution >= 4 is 38.9 Å². The molecule has 0 saturated heterocycles. The van der Waals surface area contributed by atoms with Gasteiger partial charge in [-0.05, 0) is 19.1 Å². The smallest absolute Gasteiger partial charge is 0.243 e. The average molecular weight is 295 g/mol. The van der Waals surface area contributed by atoms with E-state index in [2.05, 4.69) is 11.3 Å². The number of sulfonamides is 1. The molecular weight excluding hydrogens is 283 g/mol. The van der Waals surface area contributed by atoms with Crippen molar-refractivity contribution in [1.29, 1.82) is 0 Å². The zero-order valence-electron chi connectivity index (χ0n) is 9.13. The molecule has 0 aliphatic heterocycles. The third-order valence-corrected chi connectivity index (χ3v) is 4.18. The van der Waals surface area contributed by atoms with Crippen molar-refractivity contribution in [3.05, 3.63) is 34.3 Å². The Balaban J connectivity index is 3.20. The van der Waals surface area contributed by atoms with Gasteiger partial charge in [0.15, 0.2) is 0 Å². The van der Waals surface area contributed by atoms with Gasteiger partial charge in [-0.1, -0.05) is 35.4 Å². The Hall–Kier alpha value is -0.750. The second-order valence-corrected chi connectivity index (χ2v) is 6.11. The molecule has 0 radical (unpaired) electrons. The van der Waals surface area contributed by atoms with Crippen LogP contribution in [-0.2, 0) is 10.0 Å². The van der Waals surface area contributed by atoms with Crippen LogP contribution < -0.4 is 10.5 Å². The van der Waals surface area contributed by atoms with E-state index in [1.54, 1.807) is 6.92 Å². The molecule has 17 heavy (non-hydrogen) atoms. The fourth-order valence-corrected chi connectivity index (χ4v) is 3.45. The molecule has 0 aromatic heterocycles. The Morgan fingerprint density at radius 1 is 1.41 bits per heavy atom. The summed E-state index contributed by atoms with van der Waals surface area (Å²) in [5.41, 5.74) is 6.48. The molecule has 1 rings (SSSR count). The van der Waals surface area contributed by atoms with Gasteiger partial charge in [0.1, 0.15) is 4.90 Å². The summed E-state index contributed by atoms with van der Waals surface area (Å²) < 4.78 is 26.2. The van der Waals surface area contributed by atoms with Gasteiger partial charge in [-0.15, -0.1) is 0 Å². The largest absolute Gasteiger partial charge is 0.399 e. The second-order valence-electron chi connectivity index (χ2n) is 3.60. The fourth-order valence-electron chi connectivity index (χ4n) is 1.13. The van der Waals surface area contributed by atoms with Gasteiger partial charge in [-0.25, -0.2) is 13.1 Å². The van der Waals surface area contributed by atoms with Crippen LogP contribution in [0.15, 0.2) is 29.2 Å². The first-order valence-corrected chi connectivity index (χ1v) is 6.86. The molecule has 1 aromatic rings. The predicted molar refractivity (Wildman–Crippen MR) is 70.9 cm³/mol. The van der Waals surface area contributed by atoms with Gasteiger partial charge in [0, 0.05) is 12.2 Å².